The number of rotatable bonds is 5. The molecule has 0 bridgehead atoms. The van der Waals surface area contributed by atoms with Gasteiger partial charge in [-0.25, -0.2) is 0 Å². The van der Waals surface area contributed by atoms with Crippen LogP contribution in [0.5, 0.6) is 0 Å². The summed E-state index contributed by atoms with van der Waals surface area (Å²) in [7, 11) is 0. The van der Waals surface area contributed by atoms with E-state index in [1.54, 1.807) is 13.8 Å². The average molecular weight is 242 g/mol. The van der Waals surface area contributed by atoms with Crippen molar-refractivity contribution in [2.24, 2.45) is 0 Å². The molecule has 0 aliphatic heterocycles. The molecular weight excluding hydrogens is 228 g/mol. The van der Waals surface area contributed by atoms with Gasteiger partial charge in [0.05, 0.1) is 24.4 Å². The van der Waals surface area contributed by atoms with Crippen LogP contribution in [0.25, 0.3) is 0 Å². The van der Waals surface area contributed by atoms with Crippen LogP contribution in [0.3, 0.4) is 0 Å². The fraction of sp³-hybridized carbons (Fsp3) is 0.556. The minimum atomic E-state index is -0.719. The molecule has 1 amide bonds. The van der Waals surface area contributed by atoms with Gasteiger partial charge in [-0.05, 0) is 18.8 Å². The van der Waals surface area contributed by atoms with Crippen LogP contribution in [-0.4, -0.2) is 38.4 Å². The molecule has 0 fully saturated rings. The number of aliphatic hydroxyl groups excluding tert-OH is 1. The summed E-state index contributed by atoms with van der Waals surface area (Å²) in [6.45, 7) is 3.41. The first-order valence-electron chi connectivity index (χ1n) is 5.09. The highest BCUT2D eigenvalue weighted by Gasteiger charge is 2.26. The van der Waals surface area contributed by atoms with Gasteiger partial charge in [-0.1, -0.05) is 0 Å². The fourth-order valence-corrected chi connectivity index (χ4v) is 1.26. The van der Waals surface area contributed by atoms with E-state index < -0.39 is 16.6 Å². The number of carbonyl (C=O) groups excluding carboxylic acids is 1. The lowest BCUT2D eigenvalue weighted by molar-refractivity contribution is -0.390. The number of nitrogens with one attached hydrogen (secondary N) is 1. The lowest BCUT2D eigenvalue weighted by atomic mass is 10.3. The van der Waals surface area contributed by atoms with Crippen LogP contribution in [-0.2, 0) is 6.54 Å². The number of amides is 1. The summed E-state index contributed by atoms with van der Waals surface area (Å²) in [6, 6.07) is -0.122. The third kappa shape index (κ3) is 3.25. The van der Waals surface area contributed by atoms with Crippen molar-refractivity contribution < 1.29 is 14.8 Å². The molecule has 1 aromatic heterocycles. The second-order valence-electron chi connectivity index (χ2n) is 3.74. The molecule has 1 aromatic rings. The van der Waals surface area contributed by atoms with Gasteiger partial charge in [0.1, 0.15) is 0 Å². The Kier molecular flexibility index (Phi) is 4.16. The molecule has 94 valence electrons. The molecule has 17 heavy (non-hydrogen) atoms. The van der Waals surface area contributed by atoms with Gasteiger partial charge in [-0.2, -0.15) is 4.68 Å². The third-order valence-electron chi connectivity index (χ3n) is 1.91. The van der Waals surface area contributed by atoms with E-state index in [-0.39, 0.29) is 24.8 Å². The quantitative estimate of drug-likeness (QED) is 0.554. The SMILES string of the molecule is CC(C)NC(=O)c1cn(CCO)nc1[N+](=O)[O-]. The molecule has 0 aromatic carbocycles. The van der Waals surface area contributed by atoms with E-state index >= 15 is 0 Å². The second-order valence-corrected chi connectivity index (χ2v) is 3.74. The topological polar surface area (TPSA) is 110 Å². The van der Waals surface area contributed by atoms with Crippen molar-refractivity contribution in [2.75, 3.05) is 6.61 Å². The van der Waals surface area contributed by atoms with E-state index in [2.05, 4.69) is 10.4 Å². The molecule has 0 atom stereocenters. The smallest absolute Gasteiger partial charge is 0.394 e. The summed E-state index contributed by atoms with van der Waals surface area (Å²) in [6.07, 6.45) is 1.26. The largest absolute Gasteiger partial charge is 0.402 e. The first kappa shape index (κ1) is 13.1. The van der Waals surface area contributed by atoms with Crippen LogP contribution in [0.1, 0.15) is 24.2 Å². The second kappa shape index (κ2) is 5.39. The third-order valence-corrected chi connectivity index (χ3v) is 1.91. The van der Waals surface area contributed by atoms with E-state index in [1.165, 1.54) is 10.9 Å². The molecule has 0 spiro atoms. The Bertz CT molecular complexity index is 427. The number of hydrogen-bond acceptors (Lipinski definition) is 5. The van der Waals surface area contributed by atoms with Crippen molar-refractivity contribution in [3.8, 4) is 0 Å². The molecule has 8 heteroatoms. The van der Waals surface area contributed by atoms with Gasteiger partial charge < -0.3 is 20.5 Å². The van der Waals surface area contributed by atoms with Crippen molar-refractivity contribution in [3.05, 3.63) is 21.9 Å². The van der Waals surface area contributed by atoms with Crippen molar-refractivity contribution in [2.45, 2.75) is 26.4 Å². The van der Waals surface area contributed by atoms with Gasteiger partial charge in [0, 0.05) is 6.04 Å². The molecule has 0 unspecified atom stereocenters. The summed E-state index contributed by atoms with van der Waals surface area (Å²) < 4.78 is 1.17. The monoisotopic (exact) mass is 242 g/mol. The number of aromatic nitrogens is 2. The number of carbonyl (C=O) groups is 1. The van der Waals surface area contributed by atoms with E-state index in [9.17, 15) is 14.9 Å². The zero-order chi connectivity index (χ0) is 13.0. The Hall–Kier alpha value is -1.96. The van der Waals surface area contributed by atoms with E-state index in [1.807, 2.05) is 0 Å². The van der Waals surface area contributed by atoms with Gasteiger partial charge >= 0.3 is 5.82 Å². The molecule has 0 saturated heterocycles. The van der Waals surface area contributed by atoms with Gasteiger partial charge in [-0.3, -0.25) is 4.79 Å². The minimum Gasteiger partial charge on any atom is -0.394 e. The van der Waals surface area contributed by atoms with Crippen molar-refractivity contribution >= 4 is 11.7 Å². The predicted molar refractivity (Wildman–Crippen MR) is 58.6 cm³/mol. The zero-order valence-electron chi connectivity index (χ0n) is 9.58. The van der Waals surface area contributed by atoms with Gasteiger partial charge in [-0.15, -0.1) is 0 Å². The van der Waals surface area contributed by atoms with Gasteiger partial charge in [0.15, 0.2) is 5.56 Å². The summed E-state index contributed by atoms with van der Waals surface area (Å²) in [5.41, 5.74) is -0.0999. The lowest BCUT2D eigenvalue weighted by Gasteiger charge is -2.05. The van der Waals surface area contributed by atoms with Crippen LogP contribution >= 0.6 is 0 Å². The molecule has 0 aliphatic carbocycles. The lowest BCUT2D eigenvalue weighted by Crippen LogP contribution is -2.30. The molecule has 1 rings (SSSR count). The van der Waals surface area contributed by atoms with Crippen LogP contribution in [0.4, 0.5) is 5.82 Å². The van der Waals surface area contributed by atoms with E-state index in [0.717, 1.165) is 0 Å². The molecule has 0 aliphatic rings. The summed E-state index contributed by atoms with van der Waals surface area (Å²) >= 11 is 0. The van der Waals surface area contributed by atoms with Crippen molar-refractivity contribution in [3.63, 3.8) is 0 Å². The summed E-state index contributed by atoms with van der Waals surface area (Å²) in [4.78, 5) is 21.7. The molecule has 0 radical (unpaired) electrons. The Balaban J connectivity index is 3.03. The van der Waals surface area contributed by atoms with Crippen molar-refractivity contribution in [1.29, 1.82) is 0 Å². The summed E-state index contributed by atoms with van der Waals surface area (Å²) in [5.74, 6) is -1.05. The number of aliphatic hydroxyl groups is 1. The fourth-order valence-electron chi connectivity index (χ4n) is 1.26. The van der Waals surface area contributed by atoms with E-state index in [0.29, 0.717) is 0 Å². The van der Waals surface area contributed by atoms with Crippen LogP contribution < -0.4 is 5.32 Å². The Morgan fingerprint density at radius 3 is 2.82 bits per heavy atom. The molecule has 8 nitrogen and oxygen atoms in total. The number of nitro groups is 1. The minimum absolute atomic E-state index is 0.0999. The highest BCUT2D eigenvalue weighted by Crippen LogP contribution is 2.15. The van der Waals surface area contributed by atoms with E-state index in [4.69, 9.17) is 5.11 Å². The van der Waals surface area contributed by atoms with Gasteiger partial charge in [0.25, 0.3) is 5.91 Å². The van der Waals surface area contributed by atoms with Crippen LogP contribution in [0.15, 0.2) is 6.20 Å². The Morgan fingerprint density at radius 2 is 2.35 bits per heavy atom. The zero-order valence-corrected chi connectivity index (χ0v) is 9.58. The molecular formula is C9H14N4O4. The summed E-state index contributed by atoms with van der Waals surface area (Å²) in [5, 5.41) is 25.6. The maximum atomic E-state index is 11.7. The molecule has 0 saturated carbocycles. The van der Waals surface area contributed by atoms with Crippen LogP contribution in [0.2, 0.25) is 0 Å². The van der Waals surface area contributed by atoms with Crippen molar-refractivity contribution in [1.82, 2.24) is 15.1 Å². The maximum absolute atomic E-state index is 11.7. The number of nitrogens with zero attached hydrogens (tertiary/aromatic N) is 3. The van der Waals surface area contributed by atoms with Crippen LogP contribution in [0, 0.1) is 10.1 Å². The maximum Gasteiger partial charge on any atom is 0.402 e. The number of hydrogen-bond donors (Lipinski definition) is 2. The average Bonchev–Trinajstić information content (AvgIpc) is 2.61. The highest BCUT2D eigenvalue weighted by atomic mass is 16.6. The predicted octanol–water partition coefficient (Wildman–Crippen LogP) is -0.0782. The normalized spacial score (nSPS) is 10.6. The highest BCUT2D eigenvalue weighted by molar-refractivity contribution is 5.97. The Labute approximate surface area is 97.4 Å². The first-order chi connectivity index (χ1) is 7.95. The molecule has 2 N–H and O–H groups in total. The molecule has 1 heterocycles. The first-order valence-corrected chi connectivity index (χ1v) is 5.09. The standard InChI is InChI=1S/C9H14N4O4/c1-6(2)10-9(15)7-5-12(3-4-14)11-8(7)13(16)17/h5-6,14H,3-4H2,1-2H3,(H,10,15). The Morgan fingerprint density at radius 1 is 1.71 bits per heavy atom. The van der Waals surface area contributed by atoms with Gasteiger partial charge in [0.2, 0.25) is 0 Å².